The van der Waals surface area contributed by atoms with Crippen molar-refractivity contribution in [2.75, 3.05) is 19.8 Å². The van der Waals surface area contributed by atoms with Crippen LogP contribution in [-0.2, 0) is 21.7 Å². The summed E-state index contributed by atoms with van der Waals surface area (Å²) in [5.74, 6) is -1.01. The Hall–Kier alpha value is -2.51. The molecule has 0 aliphatic carbocycles. The summed E-state index contributed by atoms with van der Waals surface area (Å²) in [6.45, 7) is 1.69. The second-order valence-corrected chi connectivity index (χ2v) is 7.90. The number of hydrogen-bond acceptors (Lipinski definition) is 8. The van der Waals surface area contributed by atoms with E-state index in [0.717, 1.165) is 11.3 Å². The Morgan fingerprint density at radius 1 is 1.13 bits per heavy atom. The van der Waals surface area contributed by atoms with Crippen LogP contribution >= 0.6 is 0 Å². The second kappa shape index (κ2) is 8.20. The molecule has 2 aromatic carbocycles. The monoisotopic (exact) mass is 427 g/mol. The standard InChI is InChI=1S/C23H25NO7/c1-2-29-18-7-3-14(4-8-18)9-16-10-17(6-5-15(16)11-24)23-21(28)19(26)20(27)22(12-25,31-23)13-30-23/h3-8,10,19-21,25-28H,2,9,12-13H2,1H3/t19-,20-,21-,22-,23+/m0/s1. The van der Waals surface area contributed by atoms with Gasteiger partial charge in [0.1, 0.15) is 29.7 Å². The average molecular weight is 427 g/mol. The summed E-state index contributed by atoms with van der Waals surface area (Å²) in [4.78, 5) is 0. The topological polar surface area (TPSA) is 132 Å². The molecule has 0 amide bonds. The molecule has 2 bridgehead atoms. The van der Waals surface area contributed by atoms with E-state index in [-0.39, 0.29) is 6.61 Å². The predicted octanol–water partition coefficient (Wildman–Crippen LogP) is 0.575. The predicted molar refractivity (Wildman–Crippen MR) is 108 cm³/mol. The van der Waals surface area contributed by atoms with E-state index in [4.69, 9.17) is 14.2 Å². The Kier molecular flexibility index (Phi) is 5.75. The van der Waals surface area contributed by atoms with Crippen molar-refractivity contribution < 1.29 is 34.6 Å². The van der Waals surface area contributed by atoms with Crippen LogP contribution in [0.5, 0.6) is 5.75 Å². The Balaban J connectivity index is 1.70. The van der Waals surface area contributed by atoms with Crippen molar-refractivity contribution in [1.29, 1.82) is 5.26 Å². The first kappa shape index (κ1) is 21.7. The Morgan fingerprint density at radius 3 is 2.52 bits per heavy atom. The third-order valence-electron chi connectivity index (χ3n) is 5.99. The molecule has 2 aliphatic rings. The minimum Gasteiger partial charge on any atom is -0.494 e. The first-order valence-corrected chi connectivity index (χ1v) is 10.1. The molecule has 4 rings (SSSR count). The zero-order valence-corrected chi connectivity index (χ0v) is 17.1. The van der Waals surface area contributed by atoms with Crippen LogP contribution in [0.3, 0.4) is 0 Å². The number of fused-ring (bicyclic) bond motifs is 2. The van der Waals surface area contributed by atoms with Crippen molar-refractivity contribution in [2.24, 2.45) is 0 Å². The first-order chi connectivity index (χ1) is 14.9. The quantitative estimate of drug-likeness (QED) is 0.526. The summed E-state index contributed by atoms with van der Waals surface area (Å²) in [5.41, 5.74) is 0.932. The van der Waals surface area contributed by atoms with Gasteiger partial charge in [-0.25, -0.2) is 0 Å². The number of benzene rings is 2. The van der Waals surface area contributed by atoms with Gasteiger partial charge in [-0.1, -0.05) is 18.2 Å². The van der Waals surface area contributed by atoms with Crippen LogP contribution in [0.15, 0.2) is 42.5 Å². The van der Waals surface area contributed by atoms with Gasteiger partial charge >= 0.3 is 0 Å². The summed E-state index contributed by atoms with van der Waals surface area (Å²) in [5, 5.41) is 50.8. The average Bonchev–Trinajstić information content (AvgIpc) is 3.18. The summed E-state index contributed by atoms with van der Waals surface area (Å²) < 4.78 is 17.1. The van der Waals surface area contributed by atoms with Gasteiger partial charge in [0.2, 0.25) is 5.79 Å². The van der Waals surface area contributed by atoms with Crippen molar-refractivity contribution in [3.8, 4) is 11.8 Å². The molecule has 31 heavy (non-hydrogen) atoms. The third-order valence-corrected chi connectivity index (χ3v) is 5.99. The molecular formula is C23H25NO7. The maximum absolute atomic E-state index is 10.7. The molecule has 0 spiro atoms. The molecule has 0 saturated carbocycles. The zero-order valence-electron chi connectivity index (χ0n) is 17.1. The molecule has 2 aliphatic heterocycles. The van der Waals surface area contributed by atoms with Gasteiger partial charge in [0.05, 0.1) is 31.5 Å². The molecule has 2 fully saturated rings. The van der Waals surface area contributed by atoms with Gasteiger partial charge in [-0.15, -0.1) is 0 Å². The number of aliphatic hydroxyl groups is 4. The summed E-state index contributed by atoms with van der Waals surface area (Å²) >= 11 is 0. The highest BCUT2D eigenvalue weighted by atomic mass is 16.8. The SMILES string of the molecule is CCOc1ccc(Cc2cc([C@@]34OC[C@](CO)(O3)[C@@H](O)[C@H](O)[C@@H]4O)ccc2C#N)cc1. The highest BCUT2D eigenvalue weighted by molar-refractivity contribution is 5.45. The van der Waals surface area contributed by atoms with Gasteiger partial charge < -0.3 is 34.6 Å². The largest absolute Gasteiger partial charge is 0.494 e. The highest BCUT2D eigenvalue weighted by Crippen LogP contribution is 2.49. The van der Waals surface area contributed by atoms with Gasteiger partial charge in [-0.3, -0.25) is 0 Å². The molecule has 8 heteroatoms. The van der Waals surface area contributed by atoms with Crippen LogP contribution in [0.4, 0.5) is 0 Å². The molecule has 4 N–H and O–H groups in total. The Morgan fingerprint density at radius 2 is 1.87 bits per heavy atom. The molecule has 0 unspecified atom stereocenters. The molecule has 0 aromatic heterocycles. The van der Waals surface area contributed by atoms with Gasteiger partial charge in [-0.05, 0) is 48.7 Å². The molecule has 8 nitrogen and oxygen atoms in total. The number of ether oxygens (including phenoxy) is 3. The lowest BCUT2D eigenvalue weighted by Gasteiger charge is -2.46. The normalized spacial score (nSPS) is 31.9. The fraction of sp³-hybridized carbons (Fsp3) is 0.435. The second-order valence-electron chi connectivity index (χ2n) is 7.90. The van der Waals surface area contributed by atoms with Crippen molar-refractivity contribution in [3.63, 3.8) is 0 Å². The van der Waals surface area contributed by atoms with E-state index in [1.165, 1.54) is 0 Å². The van der Waals surface area contributed by atoms with E-state index in [1.54, 1.807) is 18.2 Å². The maximum atomic E-state index is 10.7. The van der Waals surface area contributed by atoms with Crippen molar-refractivity contribution in [1.82, 2.24) is 0 Å². The number of nitriles is 1. The van der Waals surface area contributed by atoms with E-state index in [2.05, 4.69) is 6.07 Å². The highest BCUT2D eigenvalue weighted by Gasteiger charge is 2.67. The molecular weight excluding hydrogens is 402 g/mol. The molecule has 0 radical (unpaired) electrons. The van der Waals surface area contributed by atoms with Crippen LogP contribution in [0.25, 0.3) is 0 Å². The Bertz CT molecular complexity index is 988. The number of hydrogen-bond donors (Lipinski definition) is 4. The van der Waals surface area contributed by atoms with Crippen LogP contribution in [0.2, 0.25) is 0 Å². The van der Waals surface area contributed by atoms with Crippen LogP contribution in [0.1, 0.15) is 29.2 Å². The molecule has 5 atom stereocenters. The lowest BCUT2D eigenvalue weighted by atomic mass is 9.83. The number of aliphatic hydroxyl groups excluding tert-OH is 4. The fourth-order valence-electron chi connectivity index (χ4n) is 4.23. The fourth-order valence-corrected chi connectivity index (χ4v) is 4.23. The van der Waals surface area contributed by atoms with Crippen molar-refractivity contribution in [2.45, 2.75) is 43.0 Å². The first-order valence-electron chi connectivity index (χ1n) is 10.1. The summed E-state index contributed by atoms with van der Waals surface area (Å²) in [7, 11) is 0. The molecule has 2 heterocycles. The van der Waals surface area contributed by atoms with Crippen LogP contribution in [-0.4, -0.2) is 64.2 Å². The van der Waals surface area contributed by atoms with Crippen molar-refractivity contribution in [3.05, 3.63) is 64.7 Å². The number of nitrogens with zero attached hydrogens (tertiary/aromatic N) is 1. The van der Waals surface area contributed by atoms with E-state index in [1.807, 2.05) is 31.2 Å². The van der Waals surface area contributed by atoms with Crippen molar-refractivity contribution >= 4 is 0 Å². The van der Waals surface area contributed by atoms with Gasteiger partial charge in [-0.2, -0.15) is 5.26 Å². The Labute approximate surface area is 179 Å². The summed E-state index contributed by atoms with van der Waals surface area (Å²) in [6.07, 6.45) is -4.24. The molecule has 2 aromatic rings. The smallest absolute Gasteiger partial charge is 0.225 e. The van der Waals surface area contributed by atoms with Crippen LogP contribution in [0, 0.1) is 11.3 Å². The third kappa shape index (κ3) is 3.49. The van der Waals surface area contributed by atoms with E-state index in [0.29, 0.717) is 29.7 Å². The number of rotatable bonds is 6. The minimum atomic E-state index is -1.76. The van der Waals surface area contributed by atoms with Gasteiger partial charge in [0.25, 0.3) is 0 Å². The zero-order chi connectivity index (χ0) is 22.2. The van der Waals surface area contributed by atoms with E-state index >= 15 is 0 Å². The molecule has 164 valence electrons. The molecule has 2 saturated heterocycles. The summed E-state index contributed by atoms with van der Waals surface area (Å²) in [6, 6.07) is 14.6. The minimum absolute atomic E-state index is 0.201. The lowest BCUT2D eigenvalue weighted by molar-refractivity contribution is -0.329. The lowest BCUT2D eigenvalue weighted by Crippen LogP contribution is -2.65. The van der Waals surface area contributed by atoms with Gasteiger partial charge in [0, 0.05) is 5.56 Å². The van der Waals surface area contributed by atoms with Crippen LogP contribution < -0.4 is 4.74 Å². The van der Waals surface area contributed by atoms with E-state index in [9.17, 15) is 25.7 Å². The van der Waals surface area contributed by atoms with E-state index < -0.39 is 36.3 Å². The van der Waals surface area contributed by atoms with Gasteiger partial charge in [0.15, 0.2) is 0 Å². The maximum Gasteiger partial charge on any atom is 0.225 e.